The summed E-state index contributed by atoms with van der Waals surface area (Å²) in [5.41, 5.74) is 3.51. The van der Waals surface area contributed by atoms with Crippen LogP contribution in [-0.4, -0.2) is 69.8 Å². The molecule has 0 saturated carbocycles. The van der Waals surface area contributed by atoms with Gasteiger partial charge in [0, 0.05) is 50.9 Å². The van der Waals surface area contributed by atoms with E-state index in [1.54, 1.807) is 6.07 Å². The fourth-order valence-electron chi connectivity index (χ4n) is 5.42. The molecule has 4 aromatic rings. The van der Waals surface area contributed by atoms with E-state index in [9.17, 15) is 14.4 Å². The zero-order valence-corrected chi connectivity index (χ0v) is 27.0. The van der Waals surface area contributed by atoms with Gasteiger partial charge in [-0.15, -0.1) is 0 Å². The van der Waals surface area contributed by atoms with E-state index in [2.05, 4.69) is 58.2 Å². The average Bonchev–Trinajstić information content (AvgIpc) is 3.50. The largest absolute Gasteiger partial charge is 0.374 e. The summed E-state index contributed by atoms with van der Waals surface area (Å²) in [6, 6.07) is 15.1. The van der Waals surface area contributed by atoms with Gasteiger partial charge in [-0.25, -0.2) is 15.0 Å². The fourth-order valence-corrected chi connectivity index (χ4v) is 6.41. The molecule has 6 rings (SSSR count). The molecule has 2 fully saturated rings. The first-order valence-corrected chi connectivity index (χ1v) is 16.2. The molecule has 0 radical (unpaired) electrons. The molecule has 46 heavy (non-hydrogen) atoms. The first kappa shape index (κ1) is 31.4. The molecule has 238 valence electrons. The number of carbonyl (C=O) groups is 3. The van der Waals surface area contributed by atoms with Crippen LogP contribution in [0.1, 0.15) is 39.5 Å². The number of amides is 3. The molecule has 14 heteroatoms. The minimum absolute atomic E-state index is 0.219. The van der Waals surface area contributed by atoms with Crippen LogP contribution < -0.4 is 26.2 Å². The second-order valence-electron chi connectivity index (χ2n) is 11.3. The molecule has 0 aliphatic carbocycles. The Morgan fingerprint density at radius 2 is 1.85 bits per heavy atom. The van der Waals surface area contributed by atoms with Gasteiger partial charge in [0.1, 0.15) is 28.4 Å². The molecule has 4 heterocycles. The maximum atomic E-state index is 12.9. The van der Waals surface area contributed by atoms with Crippen LogP contribution in [-0.2, 0) is 16.1 Å². The standard InChI is InChI=1S/C32H34ClN9O3S/c1-19-4-3-5-23(33)29(19)40-31(45)25-17-34-32(46-25)38-26-16-27(36-20(2)35-26)42-14-12-41(13-15-42)18-21-6-8-22(9-7-21)37-24-10-11-28(43)39-30(24)44/h3-9,16-17,24,37H,10-15,18H2,1-2H3,(H,40,45)(H,39,43,44)(H,34,35,36,38). The molecule has 2 aromatic carbocycles. The quantitative estimate of drug-likeness (QED) is 0.186. The number of para-hydroxylation sites is 1. The van der Waals surface area contributed by atoms with E-state index >= 15 is 0 Å². The number of aryl methyl sites for hydroxylation is 2. The number of imide groups is 1. The lowest BCUT2D eigenvalue weighted by Crippen LogP contribution is -2.47. The van der Waals surface area contributed by atoms with Gasteiger partial charge in [0.25, 0.3) is 5.91 Å². The number of nitrogens with one attached hydrogen (secondary N) is 4. The third-order valence-corrected chi connectivity index (χ3v) is 9.11. The van der Waals surface area contributed by atoms with Crippen molar-refractivity contribution in [3.63, 3.8) is 0 Å². The molecule has 0 bridgehead atoms. The summed E-state index contributed by atoms with van der Waals surface area (Å²) in [5.74, 6) is 1.31. The smallest absolute Gasteiger partial charge is 0.267 e. The zero-order chi connectivity index (χ0) is 32.2. The van der Waals surface area contributed by atoms with Crippen LogP contribution in [0, 0.1) is 13.8 Å². The van der Waals surface area contributed by atoms with Crippen molar-refractivity contribution in [2.24, 2.45) is 0 Å². The highest BCUT2D eigenvalue weighted by Crippen LogP contribution is 2.29. The monoisotopic (exact) mass is 659 g/mol. The van der Waals surface area contributed by atoms with Crippen LogP contribution in [0.2, 0.25) is 5.02 Å². The van der Waals surface area contributed by atoms with Crippen molar-refractivity contribution >= 4 is 68.8 Å². The van der Waals surface area contributed by atoms with Gasteiger partial charge in [0.05, 0.1) is 16.9 Å². The molecule has 1 unspecified atom stereocenters. The van der Waals surface area contributed by atoms with Gasteiger partial charge < -0.3 is 20.9 Å². The van der Waals surface area contributed by atoms with Crippen molar-refractivity contribution < 1.29 is 14.4 Å². The molecule has 12 nitrogen and oxygen atoms in total. The number of piperidine rings is 1. The second-order valence-corrected chi connectivity index (χ2v) is 12.7. The third-order valence-electron chi connectivity index (χ3n) is 7.89. The van der Waals surface area contributed by atoms with Crippen LogP contribution in [0.25, 0.3) is 0 Å². The van der Waals surface area contributed by atoms with E-state index in [1.807, 2.05) is 44.2 Å². The predicted molar refractivity (Wildman–Crippen MR) is 180 cm³/mol. The third kappa shape index (κ3) is 7.61. The number of anilines is 5. The highest BCUT2D eigenvalue weighted by Gasteiger charge is 2.26. The molecule has 2 aliphatic rings. The summed E-state index contributed by atoms with van der Waals surface area (Å²) in [5, 5.41) is 12.7. The number of nitrogens with zero attached hydrogens (tertiary/aromatic N) is 5. The highest BCUT2D eigenvalue weighted by molar-refractivity contribution is 7.17. The lowest BCUT2D eigenvalue weighted by Gasteiger charge is -2.35. The number of aromatic nitrogens is 3. The Balaban J connectivity index is 1.01. The van der Waals surface area contributed by atoms with Crippen LogP contribution in [0.4, 0.5) is 28.1 Å². The lowest BCUT2D eigenvalue weighted by molar-refractivity contribution is -0.133. The highest BCUT2D eigenvalue weighted by atomic mass is 35.5. The van der Waals surface area contributed by atoms with E-state index < -0.39 is 6.04 Å². The summed E-state index contributed by atoms with van der Waals surface area (Å²) < 4.78 is 0. The van der Waals surface area contributed by atoms with E-state index in [1.165, 1.54) is 23.1 Å². The summed E-state index contributed by atoms with van der Waals surface area (Å²) in [7, 11) is 0. The Morgan fingerprint density at radius 1 is 1.07 bits per heavy atom. The van der Waals surface area contributed by atoms with Crippen molar-refractivity contribution in [3.8, 4) is 0 Å². The first-order valence-electron chi connectivity index (χ1n) is 15.0. The van der Waals surface area contributed by atoms with Crippen molar-refractivity contribution in [1.29, 1.82) is 0 Å². The van der Waals surface area contributed by atoms with Crippen LogP contribution in [0.15, 0.2) is 54.7 Å². The summed E-state index contributed by atoms with van der Waals surface area (Å²) >= 11 is 7.50. The SMILES string of the molecule is Cc1nc(Nc2ncc(C(=O)Nc3c(C)cccc3Cl)s2)cc(N2CCN(Cc3ccc(NC4CCC(=O)NC4=O)cc3)CC2)n1. The van der Waals surface area contributed by atoms with Crippen molar-refractivity contribution in [1.82, 2.24) is 25.2 Å². The maximum Gasteiger partial charge on any atom is 0.267 e. The lowest BCUT2D eigenvalue weighted by atomic mass is 10.1. The van der Waals surface area contributed by atoms with Gasteiger partial charge in [0.2, 0.25) is 11.8 Å². The Labute approximate surface area is 275 Å². The van der Waals surface area contributed by atoms with E-state index in [0.29, 0.717) is 45.2 Å². The van der Waals surface area contributed by atoms with Gasteiger partial charge >= 0.3 is 0 Å². The summed E-state index contributed by atoms with van der Waals surface area (Å²) in [4.78, 5) is 55.0. The second kappa shape index (κ2) is 13.8. The van der Waals surface area contributed by atoms with Crippen LogP contribution in [0.5, 0.6) is 0 Å². The number of thiazole rings is 1. The molecular formula is C32H34ClN9O3S. The van der Waals surface area contributed by atoms with Crippen molar-refractivity contribution in [2.75, 3.05) is 47.0 Å². The molecule has 2 saturated heterocycles. The van der Waals surface area contributed by atoms with E-state index in [-0.39, 0.29) is 17.7 Å². The fraction of sp³-hybridized carbons (Fsp3) is 0.312. The maximum absolute atomic E-state index is 12.9. The molecule has 3 amide bonds. The number of piperazine rings is 1. The number of rotatable bonds is 9. The zero-order valence-electron chi connectivity index (χ0n) is 25.5. The van der Waals surface area contributed by atoms with E-state index in [0.717, 1.165) is 49.8 Å². The van der Waals surface area contributed by atoms with Gasteiger partial charge in [-0.3, -0.25) is 24.6 Å². The predicted octanol–water partition coefficient (Wildman–Crippen LogP) is 4.74. The minimum Gasteiger partial charge on any atom is -0.374 e. The first-order chi connectivity index (χ1) is 22.2. The average molecular weight is 660 g/mol. The van der Waals surface area contributed by atoms with Crippen molar-refractivity contribution in [2.45, 2.75) is 39.3 Å². The molecular weight excluding hydrogens is 626 g/mol. The van der Waals surface area contributed by atoms with Gasteiger partial charge in [0.15, 0.2) is 5.13 Å². The van der Waals surface area contributed by atoms with Gasteiger partial charge in [-0.2, -0.15) is 0 Å². The Bertz CT molecular complexity index is 1740. The Kier molecular flexibility index (Phi) is 9.43. The molecule has 2 aromatic heterocycles. The Morgan fingerprint density at radius 3 is 2.59 bits per heavy atom. The number of hydrogen-bond donors (Lipinski definition) is 4. The van der Waals surface area contributed by atoms with Crippen LogP contribution >= 0.6 is 22.9 Å². The number of benzene rings is 2. The molecule has 2 aliphatic heterocycles. The Hall–Kier alpha value is -4.59. The van der Waals surface area contributed by atoms with Crippen LogP contribution in [0.3, 0.4) is 0 Å². The number of carbonyl (C=O) groups excluding carboxylic acids is 3. The van der Waals surface area contributed by atoms with Gasteiger partial charge in [-0.1, -0.05) is 47.2 Å². The summed E-state index contributed by atoms with van der Waals surface area (Å²) in [6.45, 7) is 7.94. The van der Waals surface area contributed by atoms with E-state index in [4.69, 9.17) is 11.6 Å². The molecule has 4 N–H and O–H groups in total. The summed E-state index contributed by atoms with van der Waals surface area (Å²) in [6.07, 6.45) is 2.37. The number of hydrogen-bond acceptors (Lipinski definition) is 11. The van der Waals surface area contributed by atoms with Gasteiger partial charge in [-0.05, 0) is 49.6 Å². The minimum atomic E-state index is -0.396. The number of halogens is 1. The molecule has 0 spiro atoms. The normalized spacial score (nSPS) is 17.0. The van der Waals surface area contributed by atoms with Crippen molar-refractivity contribution in [3.05, 3.63) is 81.6 Å². The molecule has 1 atom stereocenters. The topological polar surface area (TPSA) is 144 Å².